The molecular formula is C16H16FN3O3S. The van der Waals surface area contributed by atoms with Crippen molar-refractivity contribution in [3.63, 3.8) is 0 Å². The van der Waals surface area contributed by atoms with Crippen molar-refractivity contribution in [1.82, 2.24) is 9.29 Å². The Morgan fingerprint density at radius 2 is 2.00 bits per heavy atom. The highest BCUT2D eigenvalue weighted by Crippen LogP contribution is 2.29. The zero-order valence-electron chi connectivity index (χ0n) is 13.2. The molecule has 0 bridgehead atoms. The van der Waals surface area contributed by atoms with E-state index >= 15 is 0 Å². The Hall–Kier alpha value is -2.50. The van der Waals surface area contributed by atoms with Crippen LogP contribution in [0, 0.1) is 17.1 Å². The van der Waals surface area contributed by atoms with Crippen LogP contribution in [0.1, 0.15) is 13.3 Å². The summed E-state index contributed by atoms with van der Waals surface area (Å²) in [5, 5.41) is 8.75. The molecule has 2 aromatic rings. The zero-order valence-corrected chi connectivity index (χ0v) is 14.0. The quantitative estimate of drug-likeness (QED) is 0.801. The molecule has 126 valence electrons. The molecule has 0 amide bonds. The Morgan fingerprint density at radius 3 is 2.62 bits per heavy atom. The minimum Gasteiger partial charge on any atom is -0.438 e. The van der Waals surface area contributed by atoms with Gasteiger partial charge in [0.05, 0.1) is 12.5 Å². The summed E-state index contributed by atoms with van der Waals surface area (Å²) >= 11 is 0. The Kier molecular flexibility index (Phi) is 5.49. The van der Waals surface area contributed by atoms with Gasteiger partial charge in [-0.2, -0.15) is 9.57 Å². The Morgan fingerprint density at radius 1 is 1.33 bits per heavy atom. The third-order valence-corrected chi connectivity index (χ3v) is 5.41. The average molecular weight is 349 g/mol. The van der Waals surface area contributed by atoms with E-state index in [9.17, 15) is 12.8 Å². The van der Waals surface area contributed by atoms with Gasteiger partial charge < -0.3 is 4.74 Å². The number of benzene rings is 1. The standard InChI is InChI=1S/C16H16FN3O3S/c1-12(9-10-18)20(2)24(21,22)15-4-3-11-19-16(15)23-14-7-5-13(17)6-8-14/h3-8,11-12H,9H2,1-2H3/t12-/m0/s1. The smallest absolute Gasteiger partial charge is 0.248 e. The summed E-state index contributed by atoms with van der Waals surface area (Å²) in [5.41, 5.74) is 0. The molecule has 1 aromatic heterocycles. The van der Waals surface area contributed by atoms with Crippen LogP contribution in [0.5, 0.6) is 11.6 Å². The lowest BCUT2D eigenvalue weighted by Gasteiger charge is -2.23. The van der Waals surface area contributed by atoms with Crippen LogP contribution in [-0.2, 0) is 10.0 Å². The number of nitriles is 1. The van der Waals surface area contributed by atoms with Crippen LogP contribution in [0.25, 0.3) is 0 Å². The minimum absolute atomic E-state index is 0.0597. The molecule has 0 radical (unpaired) electrons. The molecule has 1 atom stereocenters. The fourth-order valence-corrected chi connectivity index (χ4v) is 3.34. The first-order valence-electron chi connectivity index (χ1n) is 7.09. The second kappa shape index (κ2) is 7.38. The highest BCUT2D eigenvalue weighted by Gasteiger charge is 2.29. The Bertz CT molecular complexity index is 848. The number of nitrogens with zero attached hydrogens (tertiary/aromatic N) is 3. The number of hydrogen-bond acceptors (Lipinski definition) is 5. The second-order valence-corrected chi connectivity index (χ2v) is 7.06. The topological polar surface area (TPSA) is 83.3 Å². The molecule has 0 aliphatic heterocycles. The highest BCUT2D eigenvalue weighted by molar-refractivity contribution is 7.89. The van der Waals surface area contributed by atoms with Gasteiger partial charge in [0.1, 0.15) is 16.5 Å². The van der Waals surface area contributed by atoms with Gasteiger partial charge in [0, 0.05) is 19.3 Å². The molecule has 0 aliphatic rings. The number of pyridine rings is 1. The van der Waals surface area contributed by atoms with Gasteiger partial charge in [-0.1, -0.05) is 0 Å². The maximum absolute atomic E-state index is 13.0. The van der Waals surface area contributed by atoms with Crippen molar-refractivity contribution < 1.29 is 17.5 Å². The molecule has 1 heterocycles. The molecule has 24 heavy (non-hydrogen) atoms. The number of hydrogen-bond donors (Lipinski definition) is 0. The van der Waals surface area contributed by atoms with E-state index < -0.39 is 21.9 Å². The summed E-state index contributed by atoms with van der Waals surface area (Å²) in [7, 11) is -2.50. The van der Waals surface area contributed by atoms with Crippen LogP contribution in [-0.4, -0.2) is 30.8 Å². The number of aromatic nitrogens is 1. The van der Waals surface area contributed by atoms with E-state index in [1.165, 1.54) is 49.6 Å². The maximum Gasteiger partial charge on any atom is 0.248 e. The van der Waals surface area contributed by atoms with Crippen LogP contribution in [0.4, 0.5) is 4.39 Å². The van der Waals surface area contributed by atoms with Crippen molar-refractivity contribution in [3.8, 4) is 17.7 Å². The van der Waals surface area contributed by atoms with E-state index in [-0.39, 0.29) is 22.9 Å². The molecule has 1 aromatic carbocycles. The molecule has 0 N–H and O–H groups in total. The third-order valence-electron chi connectivity index (χ3n) is 3.43. The summed E-state index contributed by atoms with van der Waals surface area (Å²) in [6.45, 7) is 1.64. The van der Waals surface area contributed by atoms with E-state index in [0.29, 0.717) is 0 Å². The normalized spacial score (nSPS) is 12.6. The van der Waals surface area contributed by atoms with Gasteiger partial charge in [-0.25, -0.2) is 17.8 Å². The van der Waals surface area contributed by atoms with Crippen molar-refractivity contribution in [2.24, 2.45) is 0 Å². The minimum atomic E-state index is -3.90. The molecule has 0 unspecified atom stereocenters. The highest BCUT2D eigenvalue weighted by atomic mass is 32.2. The zero-order chi connectivity index (χ0) is 17.7. The lowest BCUT2D eigenvalue weighted by Crippen LogP contribution is -2.35. The molecule has 2 rings (SSSR count). The largest absolute Gasteiger partial charge is 0.438 e. The predicted molar refractivity (Wildman–Crippen MR) is 85.4 cm³/mol. The molecule has 0 saturated carbocycles. The van der Waals surface area contributed by atoms with Gasteiger partial charge in [-0.05, 0) is 43.3 Å². The molecule has 0 aliphatic carbocycles. The average Bonchev–Trinajstić information content (AvgIpc) is 2.57. The van der Waals surface area contributed by atoms with Crippen LogP contribution >= 0.6 is 0 Å². The predicted octanol–water partition coefficient (Wildman–Crippen LogP) is 2.94. The van der Waals surface area contributed by atoms with Crippen molar-refractivity contribution in [2.45, 2.75) is 24.3 Å². The molecule has 6 nitrogen and oxygen atoms in total. The van der Waals surface area contributed by atoms with Crippen LogP contribution < -0.4 is 4.74 Å². The number of sulfonamides is 1. The molecule has 0 spiro atoms. The second-order valence-electron chi connectivity index (χ2n) is 5.10. The van der Waals surface area contributed by atoms with Gasteiger partial charge in [-0.3, -0.25) is 0 Å². The molecular weight excluding hydrogens is 333 g/mol. The van der Waals surface area contributed by atoms with E-state index in [1.807, 2.05) is 6.07 Å². The van der Waals surface area contributed by atoms with E-state index in [2.05, 4.69) is 4.98 Å². The first-order chi connectivity index (χ1) is 11.4. The summed E-state index contributed by atoms with van der Waals surface area (Å²) in [5.74, 6) is -0.277. The fourth-order valence-electron chi connectivity index (χ4n) is 1.92. The number of ether oxygens (including phenoxy) is 1. The van der Waals surface area contributed by atoms with Crippen molar-refractivity contribution in [2.75, 3.05) is 7.05 Å². The molecule has 0 saturated heterocycles. The van der Waals surface area contributed by atoms with E-state index in [4.69, 9.17) is 10.00 Å². The van der Waals surface area contributed by atoms with Crippen molar-refractivity contribution >= 4 is 10.0 Å². The SMILES string of the molecule is C[C@@H](CC#N)N(C)S(=O)(=O)c1cccnc1Oc1ccc(F)cc1. The monoisotopic (exact) mass is 349 g/mol. The number of halogens is 1. The van der Waals surface area contributed by atoms with Gasteiger partial charge in [0.2, 0.25) is 15.9 Å². The summed E-state index contributed by atoms with van der Waals surface area (Å²) in [4.78, 5) is 3.84. The van der Waals surface area contributed by atoms with E-state index in [1.54, 1.807) is 6.92 Å². The van der Waals surface area contributed by atoms with Gasteiger partial charge >= 0.3 is 0 Å². The van der Waals surface area contributed by atoms with Crippen LogP contribution in [0.15, 0.2) is 47.5 Å². The van der Waals surface area contributed by atoms with Crippen molar-refractivity contribution in [1.29, 1.82) is 5.26 Å². The fraction of sp³-hybridized carbons (Fsp3) is 0.250. The van der Waals surface area contributed by atoms with Crippen LogP contribution in [0.2, 0.25) is 0 Å². The van der Waals surface area contributed by atoms with E-state index in [0.717, 1.165) is 4.31 Å². The number of rotatable bonds is 6. The molecule has 8 heteroatoms. The first kappa shape index (κ1) is 17.8. The maximum atomic E-state index is 13.0. The summed E-state index contributed by atoms with van der Waals surface area (Å²) in [6.07, 6.45) is 1.46. The van der Waals surface area contributed by atoms with Gasteiger partial charge in [-0.15, -0.1) is 0 Å². The van der Waals surface area contributed by atoms with Crippen LogP contribution in [0.3, 0.4) is 0 Å². The first-order valence-corrected chi connectivity index (χ1v) is 8.53. The summed E-state index contributed by atoms with van der Waals surface area (Å²) < 4.78 is 45.1. The van der Waals surface area contributed by atoms with Crippen molar-refractivity contribution in [3.05, 3.63) is 48.4 Å². The Labute approximate surface area is 140 Å². The third kappa shape index (κ3) is 3.88. The summed E-state index contributed by atoms with van der Waals surface area (Å²) in [6, 6.07) is 9.45. The Balaban J connectivity index is 2.37. The lowest BCUT2D eigenvalue weighted by molar-refractivity contribution is 0.387. The lowest BCUT2D eigenvalue weighted by atomic mass is 10.3. The van der Waals surface area contributed by atoms with Gasteiger partial charge in [0.15, 0.2) is 0 Å². The molecule has 0 fully saturated rings. The van der Waals surface area contributed by atoms with Gasteiger partial charge in [0.25, 0.3) is 0 Å².